The van der Waals surface area contributed by atoms with E-state index in [2.05, 4.69) is 0 Å². The Morgan fingerprint density at radius 2 is 1.80 bits per heavy atom. The molecule has 0 aliphatic carbocycles. The third-order valence-corrected chi connectivity index (χ3v) is 3.48. The van der Waals surface area contributed by atoms with E-state index < -0.39 is 23.6 Å². The predicted molar refractivity (Wildman–Crippen MR) is 71.2 cm³/mol. The molecule has 1 unspecified atom stereocenters. The molecular formula is C15H12ClF3O. The van der Waals surface area contributed by atoms with Gasteiger partial charge in [0, 0.05) is 22.6 Å². The summed E-state index contributed by atoms with van der Waals surface area (Å²) in [5, 5.41) is 10.1. The van der Waals surface area contributed by atoms with Gasteiger partial charge in [-0.1, -0.05) is 29.8 Å². The van der Waals surface area contributed by atoms with Crippen LogP contribution < -0.4 is 0 Å². The minimum absolute atomic E-state index is 0.0713. The molecule has 0 fully saturated rings. The molecule has 0 aliphatic heterocycles. The number of aliphatic hydroxyl groups excluding tert-OH is 1. The number of benzene rings is 2. The molecule has 0 saturated heterocycles. The average molecular weight is 301 g/mol. The molecule has 2 aromatic rings. The van der Waals surface area contributed by atoms with Gasteiger partial charge in [0.05, 0.1) is 6.10 Å². The lowest BCUT2D eigenvalue weighted by atomic mass is 9.99. The first-order chi connectivity index (χ1) is 9.41. The molecule has 1 N–H and O–H groups in total. The van der Waals surface area contributed by atoms with Gasteiger partial charge in [0.2, 0.25) is 0 Å². The number of hydrogen-bond donors (Lipinski definition) is 1. The Morgan fingerprint density at radius 1 is 1.10 bits per heavy atom. The zero-order valence-electron chi connectivity index (χ0n) is 10.6. The van der Waals surface area contributed by atoms with Crippen molar-refractivity contribution >= 4 is 11.6 Å². The predicted octanol–water partition coefficient (Wildman–Crippen LogP) is 4.34. The zero-order valence-corrected chi connectivity index (χ0v) is 11.4. The summed E-state index contributed by atoms with van der Waals surface area (Å²) in [7, 11) is 0. The van der Waals surface area contributed by atoms with Crippen molar-refractivity contribution in [3.63, 3.8) is 0 Å². The first-order valence-corrected chi connectivity index (χ1v) is 6.35. The minimum Gasteiger partial charge on any atom is -0.388 e. The maximum atomic E-state index is 13.8. The second kappa shape index (κ2) is 5.85. The van der Waals surface area contributed by atoms with Crippen LogP contribution in [-0.2, 0) is 6.42 Å². The van der Waals surface area contributed by atoms with Crippen molar-refractivity contribution in [2.75, 3.05) is 0 Å². The van der Waals surface area contributed by atoms with E-state index in [0.717, 1.165) is 0 Å². The van der Waals surface area contributed by atoms with E-state index in [1.165, 1.54) is 37.3 Å². The molecule has 0 spiro atoms. The molecule has 0 aromatic heterocycles. The van der Waals surface area contributed by atoms with E-state index >= 15 is 0 Å². The molecule has 20 heavy (non-hydrogen) atoms. The molecule has 0 amide bonds. The van der Waals surface area contributed by atoms with E-state index in [9.17, 15) is 18.3 Å². The van der Waals surface area contributed by atoms with Gasteiger partial charge in [0.1, 0.15) is 5.82 Å². The van der Waals surface area contributed by atoms with Gasteiger partial charge in [-0.25, -0.2) is 13.2 Å². The van der Waals surface area contributed by atoms with Gasteiger partial charge < -0.3 is 5.11 Å². The van der Waals surface area contributed by atoms with Crippen molar-refractivity contribution in [1.29, 1.82) is 0 Å². The summed E-state index contributed by atoms with van der Waals surface area (Å²) in [6, 6.07) is 6.74. The molecule has 0 radical (unpaired) electrons. The summed E-state index contributed by atoms with van der Waals surface area (Å²) >= 11 is 5.84. The van der Waals surface area contributed by atoms with Crippen LogP contribution in [0.4, 0.5) is 13.2 Å². The van der Waals surface area contributed by atoms with Gasteiger partial charge in [0.15, 0.2) is 11.6 Å². The van der Waals surface area contributed by atoms with E-state index in [1.807, 2.05) is 0 Å². The van der Waals surface area contributed by atoms with Gasteiger partial charge in [-0.15, -0.1) is 0 Å². The first kappa shape index (κ1) is 14.9. The van der Waals surface area contributed by atoms with Crippen LogP contribution in [-0.4, -0.2) is 5.11 Å². The van der Waals surface area contributed by atoms with Crippen LogP contribution in [0.5, 0.6) is 0 Å². The molecular weight excluding hydrogens is 289 g/mol. The fourth-order valence-corrected chi connectivity index (χ4v) is 2.19. The number of aryl methyl sites for hydroxylation is 1. The summed E-state index contributed by atoms with van der Waals surface area (Å²) in [4.78, 5) is 0. The smallest absolute Gasteiger partial charge is 0.164 e. The standard InChI is InChI=1S/C15H12ClF3O/c1-8-5-6-9(15(19)14(8)18)13(20)7-10-11(16)3-2-4-12(10)17/h2-6,13,20H,7H2,1H3. The van der Waals surface area contributed by atoms with Crippen LogP contribution in [0.1, 0.15) is 22.8 Å². The van der Waals surface area contributed by atoms with Crippen LogP contribution >= 0.6 is 11.6 Å². The van der Waals surface area contributed by atoms with E-state index in [-0.39, 0.29) is 28.1 Å². The van der Waals surface area contributed by atoms with Gasteiger partial charge in [0.25, 0.3) is 0 Å². The van der Waals surface area contributed by atoms with Crippen molar-refractivity contribution in [3.05, 3.63) is 69.5 Å². The molecule has 2 rings (SSSR count). The van der Waals surface area contributed by atoms with Crippen molar-refractivity contribution < 1.29 is 18.3 Å². The molecule has 0 bridgehead atoms. The summed E-state index contributed by atoms with van der Waals surface area (Å²) in [6.07, 6.45) is -1.61. The van der Waals surface area contributed by atoms with Gasteiger partial charge in [-0.3, -0.25) is 0 Å². The Morgan fingerprint density at radius 3 is 2.45 bits per heavy atom. The molecule has 1 nitrogen and oxygen atoms in total. The zero-order chi connectivity index (χ0) is 14.9. The monoisotopic (exact) mass is 300 g/mol. The van der Waals surface area contributed by atoms with Crippen LogP contribution in [0.3, 0.4) is 0 Å². The largest absolute Gasteiger partial charge is 0.388 e. The molecule has 0 saturated carbocycles. The van der Waals surface area contributed by atoms with Crippen LogP contribution in [0.25, 0.3) is 0 Å². The fourth-order valence-electron chi connectivity index (χ4n) is 1.95. The van der Waals surface area contributed by atoms with E-state index in [0.29, 0.717) is 0 Å². The van der Waals surface area contributed by atoms with Crippen molar-refractivity contribution in [2.24, 2.45) is 0 Å². The highest BCUT2D eigenvalue weighted by molar-refractivity contribution is 6.31. The summed E-state index contributed by atoms with van der Waals surface area (Å²) in [5.41, 5.74) is -0.00292. The highest BCUT2D eigenvalue weighted by Gasteiger charge is 2.20. The summed E-state index contributed by atoms with van der Waals surface area (Å²) in [5.74, 6) is -2.73. The number of hydrogen-bond acceptors (Lipinski definition) is 1. The van der Waals surface area contributed by atoms with Crippen molar-refractivity contribution in [2.45, 2.75) is 19.4 Å². The van der Waals surface area contributed by atoms with Crippen LogP contribution in [0.2, 0.25) is 5.02 Å². The maximum Gasteiger partial charge on any atom is 0.164 e. The minimum atomic E-state index is -1.38. The molecule has 0 aliphatic rings. The van der Waals surface area contributed by atoms with E-state index in [4.69, 9.17) is 11.6 Å². The van der Waals surface area contributed by atoms with Crippen molar-refractivity contribution in [1.82, 2.24) is 0 Å². The number of rotatable bonds is 3. The van der Waals surface area contributed by atoms with Crippen molar-refractivity contribution in [3.8, 4) is 0 Å². The van der Waals surface area contributed by atoms with E-state index in [1.54, 1.807) is 0 Å². The summed E-state index contributed by atoms with van der Waals surface area (Å²) < 4.78 is 40.8. The summed E-state index contributed by atoms with van der Waals surface area (Å²) in [6.45, 7) is 1.42. The Balaban J connectivity index is 2.34. The Bertz CT molecular complexity index is 623. The Kier molecular flexibility index (Phi) is 4.35. The van der Waals surface area contributed by atoms with Crippen LogP contribution in [0, 0.1) is 24.4 Å². The lowest BCUT2D eigenvalue weighted by molar-refractivity contribution is 0.171. The molecule has 1 atom stereocenters. The molecule has 5 heteroatoms. The quantitative estimate of drug-likeness (QED) is 0.894. The maximum absolute atomic E-state index is 13.8. The molecule has 2 aromatic carbocycles. The lowest BCUT2D eigenvalue weighted by Crippen LogP contribution is -2.08. The van der Waals surface area contributed by atoms with Gasteiger partial charge in [-0.2, -0.15) is 0 Å². The molecule has 106 valence electrons. The average Bonchev–Trinajstić information content (AvgIpc) is 2.40. The Labute approximate surface area is 119 Å². The topological polar surface area (TPSA) is 20.2 Å². The normalized spacial score (nSPS) is 12.5. The third-order valence-electron chi connectivity index (χ3n) is 3.12. The van der Waals surface area contributed by atoms with Crippen LogP contribution in [0.15, 0.2) is 30.3 Å². The van der Waals surface area contributed by atoms with Gasteiger partial charge >= 0.3 is 0 Å². The Hall–Kier alpha value is -1.52. The SMILES string of the molecule is Cc1ccc(C(O)Cc2c(F)cccc2Cl)c(F)c1F. The highest BCUT2D eigenvalue weighted by Crippen LogP contribution is 2.28. The number of halogens is 4. The van der Waals surface area contributed by atoms with Gasteiger partial charge in [-0.05, 0) is 24.6 Å². The second-order valence-electron chi connectivity index (χ2n) is 4.52. The second-order valence-corrected chi connectivity index (χ2v) is 4.93. The lowest BCUT2D eigenvalue weighted by Gasteiger charge is -2.14. The molecule has 0 heterocycles. The third kappa shape index (κ3) is 2.81. The first-order valence-electron chi connectivity index (χ1n) is 5.97. The number of aliphatic hydroxyl groups is 1. The highest BCUT2D eigenvalue weighted by atomic mass is 35.5. The fraction of sp³-hybridized carbons (Fsp3) is 0.200.